The number of cyclic esters (lactones) is 1. The first kappa shape index (κ1) is 16.6. The van der Waals surface area contributed by atoms with Crippen molar-refractivity contribution in [2.45, 2.75) is 32.6 Å². The maximum absolute atomic E-state index is 13.0. The first-order valence-electron chi connectivity index (χ1n) is 8.97. The van der Waals surface area contributed by atoms with E-state index in [-0.39, 0.29) is 30.8 Å². The van der Waals surface area contributed by atoms with Crippen LogP contribution in [0.15, 0.2) is 59.8 Å². The van der Waals surface area contributed by atoms with Crippen LogP contribution in [0.3, 0.4) is 0 Å². The van der Waals surface area contributed by atoms with E-state index in [4.69, 9.17) is 4.74 Å². The Kier molecular flexibility index (Phi) is 4.11. The number of anilines is 1. The van der Waals surface area contributed by atoms with Crippen molar-refractivity contribution in [1.29, 1.82) is 0 Å². The topological polar surface area (TPSA) is 46.6 Å². The number of amides is 1. The average Bonchev–Trinajstić information content (AvgIpc) is 3.03. The summed E-state index contributed by atoms with van der Waals surface area (Å²) >= 11 is 0. The number of hydrogen-bond donors (Lipinski definition) is 0. The number of rotatable bonds is 3. The van der Waals surface area contributed by atoms with Crippen LogP contribution in [0.4, 0.5) is 5.69 Å². The number of benzene rings is 2. The van der Waals surface area contributed by atoms with Crippen molar-refractivity contribution in [3.63, 3.8) is 0 Å². The van der Waals surface area contributed by atoms with Crippen molar-refractivity contribution < 1.29 is 14.3 Å². The molecule has 0 N–H and O–H groups in total. The van der Waals surface area contributed by atoms with Crippen LogP contribution >= 0.6 is 0 Å². The van der Waals surface area contributed by atoms with Gasteiger partial charge in [0.25, 0.3) is 0 Å². The molecule has 2 heterocycles. The lowest BCUT2D eigenvalue weighted by atomic mass is 9.83. The Labute approximate surface area is 153 Å². The molecule has 0 saturated carbocycles. The molecule has 4 heteroatoms. The van der Waals surface area contributed by atoms with Crippen molar-refractivity contribution in [1.82, 2.24) is 0 Å². The predicted octanol–water partition coefficient (Wildman–Crippen LogP) is 3.89. The van der Waals surface area contributed by atoms with Crippen LogP contribution in [-0.4, -0.2) is 18.5 Å². The van der Waals surface area contributed by atoms with Crippen LogP contribution < -0.4 is 4.90 Å². The van der Waals surface area contributed by atoms with Gasteiger partial charge in [-0.3, -0.25) is 9.69 Å². The Morgan fingerprint density at radius 1 is 1.12 bits per heavy atom. The molecule has 1 unspecified atom stereocenters. The monoisotopic (exact) mass is 347 g/mol. The zero-order valence-corrected chi connectivity index (χ0v) is 15.0. The second-order valence-corrected chi connectivity index (χ2v) is 6.86. The number of hydrogen-bond acceptors (Lipinski definition) is 3. The Hall–Kier alpha value is -2.88. The van der Waals surface area contributed by atoms with Gasteiger partial charge in [0.1, 0.15) is 6.61 Å². The van der Waals surface area contributed by atoms with Gasteiger partial charge in [-0.05, 0) is 36.6 Å². The molecule has 4 nitrogen and oxygen atoms in total. The molecule has 26 heavy (non-hydrogen) atoms. The standard InChI is InChI=1S/C22H21NO3/c1-3-15-7-9-17(10-8-15)23-19-13-26-22(25)21(19)18(12-20(23)24)16-6-4-5-14(2)11-16/h4-11,18H,3,12-13H2,1-2H3. The van der Waals surface area contributed by atoms with Gasteiger partial charge in [0.15, 0.2) is 0 Å². The van der Waals surface area contributed by atoms with Gasteiger partial charge in [0.05, 0.1) is 11.3 Å². The number of nitrogens with zero attached hydrogens (tertiary/aromatic N) is 1. The van der Waals surface area contributed by atoms with E-state index >= 15 is 0 Å². The van der Waals surface area contributed by atoms with E-state index in [9.17, 15) is 9.59 Å². The molecule has 2 aromatic carbocycles. The number of carbonyl (C=O) groups excluding carboxylic acids is 2. The lowest BCUT2D eigenvalue weighted by Crippen LogP contribution is -2.37. The quantitative estimate of drug-likeness (QED) is 0.792. The summed E-state index contributed by atoms with van der Waals surface area (Å²) in [6.45, 7) is 4.26. The fourth-order valence-corrected chi connectivity index (χ4v) is 3.81. The minimum absolute atomic E-state index is 0.00203. The summed E-state index contributed by atoms with van der Waals surface area (Å²) in [5.74, 6) is -0.550. The zero-order valence-electron chi connectivity index (χ0n) is 15.0. The summed E-state index contributed by atoms with van der Waals surface area (Å²) < 4.78 is 5.32. The van der Waals surface area contributed by atoms with Crippen LogP contribution in [0.25, 0.3) is 0 Å². The first-order chi connectivity index (χ1) is 12.6. The average molecular weight is 347 g/mol. The summed E-state index contributed by atoms with van der Waals surface area (Å²) in [6.07, 6.45) is 1.21. The third-order valence-corrected chi connectivity index (χ3v) is 5.16. The minimum atomic E-state index is -0.311. The summed E-state index contributed by atoms with van der Waals surface area (Å²) in [4.78, 5) is 27.1. The first-order valence-corrected chi connectivity index (χ1v) is 8.97. The third kappa shape index (κ3) is 2.71. The Bertz CT molecular complexity index is 911. The third-order valence-electron chi connectivity index (χ3n) is 5.16. The lowest BCUT2D eigenvalue weighted by molar-refractivity contribution is -0.136. The van der Waals surface area contributed by atoms with Gasteiger partial charge in [-0.1, -0.05) is 48.9 Å². The van der Waals surface area contributed by atoms with Crippen LogP contribution in [0, 0.1) is 6.92 Å². The molecular formula is C22H21NO3. The fourth-order valence-electron chi connectivity index (χ4n) is 3.81. The normalized spacial score (nSPS) is 19.6. The van der Waals surface area contributed by atoms with E-state index in [2.05, 4.69) is 6.92 Å². The van der Waals surface area contributed by atoms with E-state index in [1.54, 1.807) is 4.90 Å². The maximum Gasteiger partial charge on any atom is 0.336 e. The predicted molar refractivity (Wildman–Crippen MR) is 99.8 cm³/mol. The molecule has 0 saturated heterocycles. The van der Waals surface area contributed by atoms with Gasteiger partial charge >= 0.3 is 5.97 Å². The second kappa shape index (κ2) is 6.45. The number of esters is 1. The van der Waals surface area contributed by atoms with Crippen molar-refractivity contribution in [3.8, 4) is 0 Å². The van der Waals surface area contributed by atoms with Gasteiger partial charge in [-0.15, -0.1) is 0 Å². The van der Waals surface area contributed by atoms with Crippen LogP contribution in [0.5, 0.6) is 0 Å². The van der Waals surface area contributed by atoms with E-state index in [1.165, 1.54) is 5.56 Å². The molecule has 2 aliphatic rings. The summed E-state index contributed by atoms with van der Waals surface area (Å²) in [5, 5.41) is 0. The highest BCUT2D eigenvalue weighted by molar-refractivity contribution is 6.06. The number of carbonyl (C=O) groups is 2. The van der Waals surface area contributed by atoms with E-state index in [1.807, 2.05) is 55.5 Å². The summed E-state index contributed by atoms with van der Waals surface area (Å²) in [6, 6.07) is 15.9. The second-order valence-electron chi connectivity index (χ2n) is 6.86. The molecule has 4 rings (SSSR count). The molecule has 0 fully saturated rings. The molecule has 0 aromatic heterocycles. The fraction of sp³-hybridized carbons (Fsp3) is 0.273. The highest BCUT2D eigenvalue weighted by Crippen LogP contribution is 2.41. The van der Waals surface area contributed by atoms with Crippen molar-refractivity contribution in [2.24, 2.45) is 0 Å². The highest BCUT2D eigenvalue weighted by atomic mass is 16.5. The van der Waals surface area contributed by atoms with Crippen molar-refractivity contribution >= 4 is 17.6 Å². The summed E-state index contributed by atoms with van der Waals surface area (Å²) in [7, 11) is 0. The van der Waals surface area contributed by atoms with Crippen LogP contribution in [0.1, 0.15) is 36.0 Å². The summed E-state index contributed by atoms with van der Waals surface area (Å²) in [5.41, 5.74) is 5.41. The molecule has 2 aliphatic heterocycles. The lowest BCUT2D eigenvalue weighted by Gasteiger charge is -2.32. The van der Waals surface area contributed by atoms with Crippen molar-refractivity contribution in [3.05, 3.63) is 76.5 Å². The van der Waals surface area contributed by atoms with Gasteiger partial charge in [-0.2, -0.15) is 0 Å². The zero-order chi connectivity index (χ0) is 18.3. The molecular weight excluding hydrogens is 326 g/mol. The Morgan fingerprint density at radius 2 is 1.88 bits per heavy atom. The maximum atomic E-state index is 13.0. The number of aryl methyl sites for hydroxylation is 2. The minimum Gasteiger partial charge on any atom is -0.456 e. The van der Waals surface area contributed by atoms with Gasteiger partial charge in [0, 0.05) is 18.0 Å². The van der Waals surface area contributed by atoms with E-state index < -0.39 is 0 Å². The van der Waals surface area contributed by atoms with Crippen LogP contribution in [0.2, 0.25) is 0 Å². The van der Waals surface area contributed by atoms with Gasteiger partial charge in [-0.25, -0.2) is 4.79 Å². The number of ether oxygens (including phenoxy) is 1. The molecule has 1 amide bonds. The smallest absolute Gasteiger partial charge is 0.336 e. The van der Waals surface area contributed by atoms with E-state index in [0.717, 1.165) is 23.2 Å². The molecule has 0 bridgehead atoms. The molecule has 2 aromatic rings. The molecule has 0 aliphatic carbocycles. The SMILES string of the molecule is CCc1ccc(N2C(=O)CC(c3cccc(C)c3)C3=C2COC3=O)cc1. The van der Waals surface area contributed by atoms with Crippen LogP contribution in [-0.2, 0) is 20.7 Å². The molecule has 132 valence electrons. The molecule has 1 atom stereocenters. The van der Waals surface area contributed by atoms with Gasteiger partial charge in [0.2, 0.25) is 5.91 Å². The molecule has 0 spiro atoms. The molecule has 0 radical (unpaired) electrons. The van der Waals surface area contributed by atoms with E-state index in [0.29, 0.717) is 11.3 Å². The van der Waals surface area contributed by atoms with Crippen molar-refractivity contribution in [2.75, 3.05) is 11.5 Å². The Balaban J connectivity index is 1.80. The largest absolute Gasteiger partial charge is 0.456 e. The highest BCUT2D eigenvalue weighted by Gasteiger charge is 2.42. The Morgan fingerprint density at radius 3 is 2.58 bits per heavy atom. The van der Waals surface area contributed by atoms with Gasteiger partial charge < -0.3 is 4.74 Å².